The van der Waals surface area contributed by atoms with E-state index in [0.29, 0.717) is 12.0 Å². The zero-order valence-electron chi connectivity index (χ0n) is 10.9. The van der Waals surface area contributed by atoms with E-state index in [4.69, 9.17) is 0 Å². The molecular formula is C13H19N5. The van der Waals surface area contributed by atoms with Crippen molar-refractivity contribution >= 4 is 11.5 Å². The summed E-state index contributed by atoms with van der Waals surface area (Å²) in [5.74, 6) is 2.54. The molecule has 2 aromatic rings. The van der Waals surface area contributed by atoms with Crippen molar-refractivity contribution in [2.75, 3.05) is 5.32 Å². The molecule has 1 aliphatic rings. The molecule has 96 valence electrons. The van der Waals surface area contributed by atoms with Gasteiger partial charge in [-0.25, -0.2) is 4.98 Å². The maximum atomic E-state index is 4.40. The third-order valence-corrected chi connectivity index (χ3v) is 3.62. The van der Waals surface area contributed by atoms with Crippen LogP contribution in [0.1, 0.15) is 51.3 Å². The van der Waals surface area contributed by atoms with E-state index in [1.807, 2.05) is 12.4 Å². The van der Waals surface area contributed by atoms with Crippen LogP contribution in [0, 0.1) is 0 Å². The first-order valence-corrected chi connectivity index (χ1v) is 6.79. The summed E-state index contributed by atoms with van der Waals surface area (Å²) in [6.07, 6.45) is 8.43. The van der Waals surface area contributed by atoms with Crippen LogP contribution in [0.15, 0.2) is 12.4 Å². The highest BCUT2D eigenvalue weighted by atomic mass is 15.3. The summed E-state index contributed by atoms with van der Waals surface area (Å²) in [4.78, 5) is 4.40. The minimum Gasteiger partial charge on any atom is -0.364 e. The molecular weight excluding hydrogens is 226 g/mol. The smallest absolute Gasteiger partial charge is 0.203 e. The number of anilines is 1. The lowest BCUT2D eigenvalue weighted by Crippen LogP contribution is -2.18. The Hall–Kier alpha value is -1.65. The van der Waals surface area contributed by atoms with Crippen LogP contribution in [0.2, 0.25) is 0 Å². The van der Waals surface area contributed by atoms with E-state index in [9.17, 15) is 0 Å². The molecule has 0 spiro atoms. The van der Waals surface area contributed by atoms with E-state index >= 15 is 0 Å². The first-order chi connectivity index (χ1) is 8.83. The van der Waals surface area contributed by atoms with E-state index in [1.165, 1.54) is 12.8 Å². The van der Waals surface area contributed by atoms with E-state index < -0.39 is 0 Å². The van der Waals surface area contributed by atoms with Gasteiger partial charge in [0.05, 0.1) is 0 Å². The third kappa shape index (κ3) is 1.94. The summed E-state index contributed by atoms with van der Waals surface area (Å²) in [5.41, 5.74) is 0.853. The van der Waals surface area contributed by atoms with Crippen LogP contribution in [0.3, 0.4) is 0 Å². The molecule has 1 saturated carbocycles. The van der Waals surface area contributed by atoms with Crippen molar-refractivity contribution in [3.63, 3.8) is 0 Å². The fraction of sp³-hybridized carbons (Fsp3) is 0.615. The minimum absolute atomic E-state index is 0.449. The highest BCUT2D eigenvalue weighted by molar-refractivity contribution is 5.62. The fourth-order valence-corrected chi connectivity index (χ4v) is 2.25. The van der Waals surface area contributed by atoms with Crippen molar-refractivity contribution in [3.05, 3.63) is 18.2 Å². The Morgan fingerprint density at radius 3 is 2.78 bits per heavy atom. The number of rotatable bonds is 5. The first-order valence-electron chi connectivity index (χ1n) is 6.79. The maximum absolute atomic E-state index is 4.40. The number of hydrogen-bond donors (Lipinski definition) is 1. The Kier molecular flexibility index (Phi) is 2.89. The Balaban J connectivity index is 1.96. The lowest BCUT2D eigenvalue weighted by Gasteiger charge is -2.15. The van der Waals surface area contributed by atoms with E-state index in [-0.39, 0.29) is 0 Å². The second-order valence-electron chi connectivity index (χ2n) is 4.96. The van der Waals surface area contributed by atoms with Crippen LogP contribution in [0.25, 0.3) is 5.65 Å². The van der Waals surface area contributed by atoms with E-state index in [1.54, 1.807) is 0 Å². The van der Waals surface area contributed by atoms with Gasteiger partial charge in [-0.1, -0.05) is 13.8 Å². The Morgan fingerprint density at radius 2 is 2.11 bits per heavy atom. The molecule has 0 saturated heterocycles. The van der Waals surface area contributed by atoms with E-state index in [0.717, 1.165) is 30.1 Å². The first kappa shape index (κ1) is 11.4. The van der Waals surface area contributed by atoms with Crippen molar-refractivity contribution in [3.8, 4) is 0 Å². The molecule has 3 rings (SSSR count). The highest BCUT2D eigenvalue weighted by Gasteiger charge is 2.29. The third-order valence-electron chi connectivity index (χ3n) is 3.62. The molecule has 0 unspecified atom stereocenters. The molecule has 2 aromatic heterocycles. The van der Waals surface area contributed by atoms with Crippen molar-refractivity contribution in [2.24, 2.45) is 0 Å². The summed E-state index contributed by atoms with van der Waals surface area (Å²) < 4.78 is 2.08. The monoisotopic (exact) mass is 245 g/mol. The predicted octanol–water partition coefficient (Wildman–Crippen LogP) is 2.60. The zero-order valence-corrected chi connectivity index (χ0v) is 10.9. The molecule has 1 fully saturated rings. The van der Waals surface area contributed by atoms with Gasteiger partial charge in [0.25, 0.3) is 0 Å². The topological polar surface area (TPSA) is 55.1 Å². The van der Waals surface area contributed by atoms with Crippen molar-refractivity contribution in [2.45, 2.75) is 51.5 Å². The SMILES string of the molecule is CCC(CC)Nc1nccn2c(C3CC3)nnc12. The van der Waals surface area contributed by atoms with Gasteiger partial charge in [0.15, 0.2) is 5.82 Å². The van der Waals surface area contributed by atoms with Crippen molar-refractivity contribution in [1.82, 2.24) is 19.6 Å². The van der Waals surface area contributed by atoms with Gasteiger partial charge < -0.3 is 5.32 Å². The summed E-state index contributed by atoms with van der Waals surface area (Å²) in [6.45, 7) is 4.36. The average Bonchev–Trinajstić information content (AvgIpc) is 3.15. The average molecular weight is 245 g/mol. The molecule has 0 atom stereocenters. The van der Waals surface area contributed by atoms with Gasteiger partial charge in [0.1, 0.15) is 5.82 Å². The lowest BCUT2D eigenvalue weighted by atomic mass is 10.2. The lowest BCUT2D eigenvalue weighted by molar-refractivity contribution is 0.668. The normalized spacial score (nSPS) is 15.5. The quantitative estimate of drug-likeness (QED) is 0.879. The van der Waals surface area contributed by atoms with Crippen LogP contribution in [-0.2, 0) is 0 Å². The summed E-state index contributed by atoms with van der Waals surface area (Å²) in [5, 5.41) is 12.1. The largest absolute Gasteiger partial charge is 0.364 e. The van der Waals surface area contributed by atoms with Gasteiger partial charge in [-0.15, -0.1) is 10.2 Å². The minimum atomic E-state index is 0.449. The number of aromatic nitrogens is 4. The van der Waals surface area contributed by atoms with Crippen LogP contribution in [0.4, 0.5) is 5.82 Å². The van der Waals surface area contributed by atoms with Gasteiger partial charge in [-0.3, -0.25) is 4.40 Å². The highest BCUT2D eigenvalue weighted by Crippen LogP contribution is 2.39. The van der Waals surface area contributed by atoms with Crippen molar-refractivity contribution < 1.29 is 0 Å². The standard InChI is InChI=1S/C13H19N5/c1-3-10(4-2)15-11-13-17-16-12(9-5-6-9)18(13)8-7-14-11/h7-10H,3-6H2,1-2H3,(H,14,15). The molecule has 2 heterocycles. The van der Waals surface area contributed by atoms with Crippen LogP contribution in [-0.4, -0.2) is 25.6 Å². The fourth-order valence-electron chi connectivity index (χ4n) is 2.25. The second-order valence-corrected chi connectivity index (χ2v) is 4.96. The molecule has 5 nitrogen and oxygen atoms in total. The number of fused-ring (bicyclic) bond motifs is 1. The van der Waals surface area contributed by atoms with Crippen LogP contribution in [0.5, 0.6) is 0 Å². The van der Waals surface area contributed by atoms with E-state index in [2.05, 4.69) is 38.7 Å². The Labute approximate surface area is 107 Å². The second kappa shape index (κ2) is 4.55. The summed E-state index contributed by atoms with van der Waals surface area (Å²) in [6, 6.07) is 0.449. The molecule has 0 aromatic carbocycles. The maximum Gasteiger partial charge on any atom is 0.203 e. The van der Waals surface area contributed by atoms with Gasteiger partial charge in [-0.2, -0.15) is 0 Å². The van der Waals surface area contributed by atoms with Crippen molar-refractivity contribution in [1.29, 1.82) is 0 Å². The summed E-state index contributed by atoms with van der Waals surface area (Å²) in [7, 11) is 0. The number of hydrogen-bond acceptors (Lipinski definition) is 4. The van der Waals surface area contributed by atoms with Gasteiger partial charge in [-0.05, 0) is 25.7 Å². The van der Waals surface area contributed by atoms with Crippen LogP contribution < -0.4 is 5.32 Å². The molecule has 1 N–H and O–H groups in total. The summed E-state index contributed by atoms with van der Waals surface area (Å²) >= 11 is 0. The molecule has 0 aliphatic heterocycles. The van der Waals surface area contributed by atoms with Crippen LogP contribution >= 0.6 is 0 Å². The molecule has 0 bridgehead atoms. The van der Waals surface area contributed by atoms with Gasteiger partial charge in [0, 0.05) is 24.4 Å². The van der Waals surface area contributed by atoms with Gasteiger partial charge >= 0.3 is 0 Å². The zero-order chi connectivity index (χ0) is 12.5. The molecule has 1 aliphatic carbocycles. The molecule has 0 amide bonds. The number of nitrogens with one attached hydrogen (secondary N) is 1. The molecule has 18 heavy (non-hydrogen) atoms. The molecule has 0 radical (unpaired) electrons. The predicted molar refractivity (Wildman–Crippen MR) is 70.7 cm³/mol. The molecule has 5 heteroatoms. The Morgan fingerprint density at radius 1 is 1.33 bits per heavy atom. The van der Waals surface area contributed by atoms with Gasteiger partial charge in [0.2, 0.25) is 5.65 Å². The number of nitrogens with zero attached hydrogens (tertiary/aromatic N) is 4. The Bertz CT molecular complexity index is 539.